The Labute approximate surface area is 201 Å². The molecule has 0 radical (unpaired) electrons. The Morgan fingerprint density at radius 3 is 2.21 bits per heavy atom. The largest absolute Gasteiger partial charge is 0.487 e. The van der Waals surface area contributed by atoms with Gasteiger partial charge in [0.2, 0.25) is 0 Å². The zero-order valence-electron chi connectivity index (χ0n) is 14.6. The van der Waals surface area contributed by atoms with Gasteiger partial charge in [-0.05, 0) is 80.6 Å². The molecule has 0 aromatic heterocycles. The van der Waals surface area contributed by atoms with Gasteiger partial charge in [-0.1, -0.05) is 59.6 Å². The second-order valence-electron chi connectivity index (χ2n) is 5.88. The van der Waals surface area contributed by atoms with Gasteiger partial charge in [-0.2, -0.15) is 5.10 Å². The molecule has 28 heavy (non-hydrogen) atoms. The summed E-state index contributed by atoms with van der Waals surface area (Å²) in [5.41, 5.74) is 5.95. The lowest BCUT2D eigenvalue weighted by Crippen LogP contribution is -2.07. The number of benzene rings is 3. The number of nitrogens with zero attached hydrogens (tertiary/aromatic N) is 1. The van der Waals surface area contributed by atoms with Crippen molar-refractivity contribution >= 4 is 74.6 Å². The lowest BCUT2D eigenvalue weighted by Gasteiger charge is -2.11. The van der Waals surface area contributed by atoms with Crippen molar-refractivity contribution in [1.82, 2.24) is 5.43 Å². The first-order chi connectivity index (χ1) is 13.5. The Hall–Kier alpha value is -1.03. The van der Waals surface area contributed by atoms with Crippen LogP contribution in [0.5, 0.6) is 5.75 Å². The Kier molecular flexibility index (Phi) is 8.25. The molecule has 0 heterocycles. The van der Waals surface area contributed by atoms with Crippen molar-refractivity contribution in [2.75, 3.05) is 0 Å². The van der Waals surface area contributed by atoms with Crippen LogP contribution in [-0.2, 0) is 13.2 Å². The number of halogens is 4. The fourth-order valence-electron chi connectivity index (χ4n) is 2.47. The summed E-state index contributed by atoms with van der Waals surface area (Å²) in [5, 5.41) is 5.53. The molecular formula is C21H16Cl2I2N2O. The van der Waals surface area contributed by atoms with Crippen LogP contribution < -0.4 is 10.2 Å². The minimum absolute atomic E-state index is 0.460. The van der Waals surface area contributed by atoms with Crippen LogP contribution in [0.4, 0.5) is 0 Å². The summed E-state index contributed by atoms with van der Waals surface area (Å²) < 4.78 is 8.09. The smallest absolute Gasteiger partial charge is 0.146 e. The number of ether oxygens (including phenoxy) is 1. The lowest BCUT2D eigenvalue weighted by molar-refractivity contribution is 0.302. The second-order valence-corrected chi connectivity index (χ2v) is 9.02. The van der Waals surface area contributed by atoms with Crippen molar-refractivity contribution in [1.29, 1.82) is 0 Å². The van der Waals surface area contributed by atoms with Crippen molar-refractivity contribution < 1.29 is 4.74 Å². The summed E-state index contributed by atoms with van der Waals surface area (Å²) in [5.74, 6) is 0.887. The number of nitrogens with one attached hydrogen (secondary N) is 1. The van der Waals surface area contributed by atoms with E-state index in [9.17, 15) is 0 Å². The van der Waals surface area contributed by atoms with Crippen LogP contribution in [0.25, 0.3) is 0 Å². The molecule has 3 aromatic carbocycles. The zero-order valence-corrected chi connectivity index (χ0v) is 20.5. The highest BCUT2D eigenvalue weighted by molar-refractivity contribution is 14.1. The number of hydrogen-bond donors (Lipinski definition) is 1. The predicted octanol–water partition coefficient (Wildman–Crippen LogP) is 6.91. The van der Waals surface area contributed by atoms with Crippen LogP contribution in [0.15, 0.2) is 65.8 Å². The summed E-state index contributed by atoms with van der Waals surface area (Å²) in [4.78, 5) is 0. The Bertz CT molecular complexity index is 938. The first kappa shape index (κ1) is 21.7. The molecule has 0 bridgehead atoms. The SMILES string of the molecule is Clc1cccc(Cl)c1CN/N=C\c1cc(I)c(OCc2ccccc2)c(I)c1. The van der Waals surface area contributed by atoms with E-state index in [1.54, 1.807) is 6.21 Å². The highest BCUT2D eigenvalue weighted by atomic mass is 127. The third-order valence-electron chi connectivity index (χ3n) is 3.87. The maximum absolute atomic E-state index is 6.17. The van der Waals surface area contributed by atoms with Crippen molar-refractivity contribution in [3.63, 3.8) is 0 Å². The molecule has 0 saturated carbocycles. The minimum atomic E-state index is 0.460. The van der Waals surface area contributed by atoms with E-state index in [0.29, 0.717) is 23.2 Å². The van der Waals surface area contributed by atoms with E-state index in [-0.39, 0.29) is 0 Å². The third kappa shape index (κ3) is 5.98. The zero-order chi connectivity index (χ0) is 19.9. The van der Waals surface area contributed by atoms with Gasteiger partial charge in [-0.15, -0.1) is 0 Å². The number of rotatable bonds is 7. The quantitative estimate of drug-likeness (QED) is 0.174. The van der Waals surface area contributed by atoms with Crippen LogP contribution >= 0.6 is 68.4 Å². The average molecular weight is 637 g/mol. The molecule has 7 heteroatoms. The van der Waals surface area contributed by atoms with Crippen molar-refractivity contribution in [2.45, 2.75) is 13.2 Å². The predicted molar refractivity (Wildman–Crippen MR) is 134 cm³/mol. The molecule has 0 aliphatic carbocycles. The van der Waals surface area contributed by atoms with Gasteiger partial charge in [-0.3, -0.25) is 0 Å². The van der Waals surface area contributed by atoms with Crippen LogP contribution in [0.2, 0.25) is 10.0 Å². The standard InChI is InChI=1S/C21H16Cl2I2N2O/c22-17-7-4-8-18(23)16(17)12-27-26-11-15-9-19(24)21(20(25)10-15)28-13-14-5-2-1-3-6-14/h1-11,27H,12-13H2/b26-11-. The first-order valence-electron chi connectivity index (χ1n) is 8.39. The van der Waals surface area contributed by atoms with E-state index in [1.165, 1.54) is 0 Å². The molecule has 0 aliphatic heterocycles. The van der Waals surface area contributed by atoms with Gasteiger partial charge < -0.3 is 10.2 Å². The molecule has 0 spiro atoms. The van der Waals surface area contributed by atoms with Crippen LogP contribution in [0, 0.1) is 7.14 Å². The van der Waals surface area contributed by atoms with Crippen molar-refractivity contribution in [2.24, 2.45) is 5.10 Å². The second kappa shape index (κ2) is 10.7. The molecule has 0 unspecified atom stereocenters. The van der Waals surface area contributed by atoms with E-state index in [2.05, 4.69) is 67.8 Å². The third-order valence-corrected chi connectivity index (χ3v) is 6.18. The average Bonchev–Trinajstić information content (AvgIpc) is 2.67. The van der Waals surface area contributed by atoms with Gasteiger partial charge in [-0.25, -0.2) is 0 Å². The maximum atomic E-state index is 6.17. The van der Waals surface area contributed by atoms with Crippen LogP contribution in [0.1, 0.15) is 16.7 Å². The number of hydrogen-bond acceptors (Lipinski definition) is 3. The molecule has 3 aromatic rings. The Balaban J connectivity index is 1.62. The molecule has 0 fully saturated rings. The van der Waals surface area contributed by atoms with Gasteiger partial charge in [0, 0.05) is 15.6 Å². The van der Waals surface area contributed by atoms with Gasteiger partial charge >= 0.3 is 0 Å². The highest BCUT2D eigenvalue weighted by Crippen LogP contribution is 2.29. The molecule has 0 aliphatic rings. The molecule has 0 saturated heterocycles. The number of hydrazone groups is 1. The van der Waals surface area contributed by atoms with E-state index < -0.39 is 0 Å². The monoisotopic (exact) mass is 636 g/mol. The molecule has 144 valence electrons. The van der Waals surface area contributed by atoms with E-state index in [4.69, 9.17) is 27.9 Å². The summed E-state index contributed by atoms with van der Waals surface area (Å²) in [6, 6.07) is 19.7. The molecule has 3 nitrogen and oxygen atoms in total. The van der Waals surface area contributed by atoms with Gasteiger partial charge in [0.25, 0.3) is 0 Å². The lowest BCUT2D eigenvalue weighted by atomic mass is 10.2. The summed E-state index contributed by atoms with van der Waals surface area (Å²) in [6.45, 7) is 1.00. The molecular weight excluding hydrogens is 621 g/mol. The van der Waals surface area contributed by atoms with Gasteiger partial charge in [0.1, 0.15) is 12.4 Å². The van der Waals surface area contributed by atoms with Crippen LogP contribution in [-0.4, -0.2) is 6.21 Å². The topological polar surface area (TPSA) is 33.6 Å². The van der Waals surface area contributed by atoms with E-state index in [0.717, 1.165) is 29.6 Å². The summed E-state index contributed by atoms with van der Waals surface area (Å²) >= 11 is 16.9. The van der Waals surface area contributed by atoms with E-state index in [1.807, 2.05) is 48.5 Å². The minimum Gasteiger partial charge on any atom is -0.487 e. The van der Waals surface area contributed by atoms with Gasteiger partial charge in [0.15, 0.2) is 0 Å². The summed E-state index contributed by atoms with van der Waals surface area (Å²) in [7, 11) is 0. The fourth-order valence-corrected chi connectivity index (χ4v) is 5.13. The maximum Gasteiger partial charge on any atom is 0.146 e. The Morgan fingerprint density at radius 1 is 0.929 bits per heavy atom. The van der Waals surface area contributed by atoms with Crippen molar-refractivity contribution in [3.8, 4) is 5.75 Å². The molecule has 3 rings (SSSR count). The Morgan fingerprint density at radius 2 is 1.57 bits per heavy atom. The first-order valence-corrected chi connectivity index (χ1v) is 11.3. The molecule has 1 N–H and O–H groups in total. The van der Waals surface area contributed by atoms with Crippen LogP contribution in [0.3, 0.4) is 0 Å². The van der Waals surface area contributed by atoms with E-state index >= 15 is 0 Å². The fraction of sp³-hybridized carbons (Fsp3) is 0.0952. The summed E-state index contributed by atoms with van der Waals surface area (Å²) in [6.07, 6.45) is 1.77. The normalized spacial score (nSPS) is 11.0. The highest BCUT2D eigenvalue weighted by Gasteiger charge is 2.09. The molecule has 0 amide bonds. The molecule has 0 atom stereocenters. The van der Waals surface area contributed by atoms with Crippen molar-refractivity contribution in [3.05, 3.63) is 94.5 Å². The van der Waals surface area contributed by atoms with Gasteiger partial charge in [0.05, 0.1) is 19.9 Å².